The SMILES string of the molecule is CCC(N)Cc1cc(C)ccc1OCCOCCC(C)C. The molecule has 120 valence electrons. The second-order valence-corrected chi connectivity index (χ2v) is 6.13. The van der Waals surface area contributed by atoms with Crippen LogP contribution in [-0.2, 0) is 11.2 Å². The molecule has 0 aliphatic carbocycles. The molecule has 21 heavy (non-hydrogen) atoms. The van der Waals surface area contributed by atoms with Crippen LogP contribution in [0.4, 0.5) is 0 Å². The number of aryl methyl sites for hydroxylation is 1. The van der Waals surface area contributed by atoms with Crippen molar-refractivity contribution in [1.82, 2.24) is 0 Å². The average Bonchev–Trinajstić information content (AvgIpc) is 2.44. The van der Waals surface area contributed by atoms with Gasteiger partial charge in [0.05, 0.1) is 6.61 Å². The number of hydrogen-bond acceptors (Lipinski definition) is 3. The van der Waals surface area contributed by atoms with Gasteiger partial charge in [0.2, 0.25) is 0 Å². The van der Waals surface area contributed by atoms with Crippen molar-refractivity contribution in [3.8, 4) is 5.75 Å². The van der Waals surface area contributed by atoms with Crippen LogP contribution in [0.15, 0.2) is 18.2 Å². The van der Waals surface area contributed by atoms with Crippen LogP contribution in [0.3, 0.4) is 0 Å². The van der Waals surface area contributed by atoms with Crippen molar-refractivity contribution in [2.75, 3.05) is 19.8 Å². The standard InChI is InChI=1S/C18H31NO2/c1-5-17(19)13-16-12-15(4)6-7-18(16)21-11-10-20-9-8-14(2)3/h6-7,12,14,17H,5,8-11,13,19H2,1-4H3. The fourth-order valence-corrected chi connectivity index (χ4v) is 2.07. The van der Waals surface area contributed by atoms with E-state index in [0.717, 1.165) is 31.6 Å². The maximum absolute atomic E-state index is 6.07. The Hall–Kier alpha value is -1.06. The van der Waals surface area contributed by atoms with Crippen LogP contribution in [-0.4, -0.2) is 25.9 Å². The molecule has 0 bridgehead atoms. The molecule has 1 atom stereocenters. The fraction of sp³-hybridized carbons (Fsp3) is 0.667. The Bertz CT molecular complexity index is 404. The zero-order valence-electron chi connectivity index (χ0n) is 14.0. The zero-order chi connectivity index (χ0) is 15.7. The van der Waals surface area contributed by atoms with Gasteiger partial charge in [-0.2, -0.15) is 0 Å². The predicted molar refractivity (Wildman–Crippen MR) is 88.9 cm³/mol. The number of ether oxygens (including phenoxy) is 2. The van der Waals surface area contributed by atoms with Gasteiger partial charge in [0.25, 0.3) is 0 Å². The first-order valence-corrected chi connectivity index (χ1v) is 8.08. The van der Waals surface area contributed by atoms with E-state index in [2.05, 4.69) is 39.8 Å². The topological polar surface area (TPSA) is 44.5 Å². The molecule has 1 aromatic carbocycles. The minimum absolute atomic E-state index is 0.191. The highest BCUT2D eigenvalue weighted by molar-refractivity contribution is 5.37. The van der Waals surface area contributed by atoms with Crippen LogP contribution in [0.2, 0.25) is 0 Å². The van der Waals surface area contributed by atoms with Gasteiger partial charge in [-0.1, -0.05) is 38.5 Å². The molecule has 0 saturated carbocycles. The largest absolute Gasteiger partial charge is 0.491 e. The number of nitrogens with two attached hydrogens (primary N) is 1. The molecule has 3 nitrogen and oxygen atoms in total. The molecule has 1 rings (SSSR count). The molecule has 3 heteroatoms. The third-order valence-corrected chi connectivity index (χ3v) is 3.55. The smallest absolute Gasteiger partial charge is 0.122 e. The van der Waals surface area contributed by atoms with E-state index in [-0.39, 0.29) is 6.04 Å². The lowest BCUT2D eigenvalue weighted by atomic mass is 10.0. The summed E-state index contributed by atoms with van der Waals surface area (Å²) in [4.78, 5) is 0. The van der Waals surface area contributed by atoms with Crippen LogP contribution < -0.4 is 10.5 Å². The van der Waals surface area contributed by atoms with Crippen LogP contribution >= 0.6 is 0 Å². The summed E-state index contributed by atoms with van der Waals surface area (Å²) in [5.74, 6) is 1.63. The Labute approximate surface area is 129 Å². The first kappa shape index (κ1) is 18.0. The van der Waals surface area contributed by atoms with Crippen molar-refractivity contribution >= 4 is 0 Å². The first-order valence-electron chi connectivity index (χ1n) is 8.08. The summed E-state index contributed by atoms with van der Waals surface area (Å²) in [6.07, 6.45) is 2.94. The zero-order valence-corrected chi connectivity index (χ0v) is 14.0. The van der Waals surface area contributed by atoms with Crippen molar-refractivity contribution in [3.05, 3.63) is 29.3 Å². The van der Waals surface area contributed by atoms with Crippen molar-refractivity contribution in [1.29, 1.82) is 0 Å². The van der Waals surface area contributed by atoms with Gasteiger partial charge in [-0.15, -0.1) is 0 Å². The molecule has 0 radical (unpaired) electrons. The van der Waals surface area contributed by atoms with E-state index >= 15 is 0 Å². The summed E-state index contributed by atoms with van der Waals surface area (Å²) in [5, 5.41) is 0. The summed E-state index contributed by atoms with van der Waals surface area (Å²) in [6.45, 7) is 10.7. The van der Waals surface area contributed by atoms with Gasteiger partial charge in [0.1, 0.15) is 12.4 Å². The third-order valence-electron chi connectivity index (χ3n) is 3.55. The summed E-state index contributed by atoms with van der Waals surface area (Å²) >= 11 is 0. The van der Waals surface area contributed by atoms with E-state index < -0.39 is 0 Å². The Kier molecular flexibility index (Phi) is 8.40. The third kappa shape index (κ3) is 7.49. The van der Waals surface area contributed by atoms with Gasteiger partial charge in [0, 0.05) is 12.6 Å². The van der Waals surface area contributed by atoms with E-state index in [0.29, 0.717) is 19.1 Å². The molecular weight excluding hydrogens is 262 g/mol. The molecule has 0 heterocycles. The molecule has 0 spiro atoms. The Morgan fingerprint density at radius 3 is 2.57 bits per heavy atom. The second-order valence-electron chi connectivity index (χ2n) is 6.13. The van der Waals surface area contributed by atoms with Gasteiger partial charge in [-0.05, 0) is 43.7 Å². The van der Waals surface area contributed by atoms with E-state index in [1.165, 1.54) is 11.1 Å². The van der Waals surface area contributed by atoms with E-state index in [4.69, 9.17) is 15.2 Å². The molecule has 0 aromatic heterocycles. The molecule has 1 aromatic rings. The van der Waals surface area contributed by atoms with E-state index in [1.54, 1.807) is 0 Å². The molecule has 0 saturated heterocycles. The number of rotatable bonds is 10. The lowest BCUT2D eigenvalue weighted by Crippen LogP contribution is -2.22. The van der Waals surface area contributed by atoms with Gasteiger partial charge in [-0.3, -0.25) is 0 Å². The summed E-state index contributed by atoms with van der Waals surface area (Å²) < 4.78 is 11.4. The average molecular weight is 293 g/mol. The van der Waals surface area contributed by atoms with Gasteiger partial charge in [0.15, 0.2) is 0 Å². The lowest BCUT2D eigenvalue weighted by molar-refractivity contribution is 0.0922. The van der Waals surface area contributed by atoms with Crippen molar-refractivity contribution in [2.24, 2.45) is 11.7 Å². The summed E-state index contributed by atoms with van der Waals surface area (Å²) in [6, 6.07) is 6.48. The first-order chi connectivity index (χ1) is 10.0. The van der Waals surface area contributed by atoms with Crippen molar-refractivity contribution < 1.29 is 9.47 Å². The van der Waals surface area contributed by atoms with E-state index in [9.17, 15) is 0 Å². The molecule has 0 aliphatic rings. The predicted octanol–water partition coefficient (Wildman–Crippen LogP) is 3.72. The maximum Gasteiger partial charge on any atom is 0.122 e. The molecular formula is C18H31NO2. The molecule has 0 amide bonds. The molecule has 0 fully saturated rings. The number of hydrogen-bond donors (Lipinski definition) is 1. The minimum Gasteiger partial charge on any atom is -0.491 e. The highest BCUT2D eigenvalue weighted by atomic mass is 16.5. The fourth-order valence-electron chi connectivity index (χ4n) is 2.07. The van der Waals surface area contributed by atoms with Crippen LogP contribution in [0.5, 0.6) is 5.75 Å². The Morgan fingerprint density at radius 1 is 1.14 bits per heavy atom. The van der Waals surface area contributed by atoms with Gasteiger partial charge < -0.3 is 15.2 Å². The maximum atomic E-state index is 6.07. The Balaban J connectivity index is 2.43. The summed E-state index contributed by atoms with van der Waals surface area (Å²) in [5.41, 5.74) is 8.51. The highest BCUT2D eigenvalue weighted by Gasteiger charge is 2.08. The molecule has 2 N–H and O–H groups in total. The normalized spacial score (nSPS) is 12.7. The minimum atomic E-state index is 0.191. The van der Waals surface area contributed by atoms with Gasteiger partial charge >= 0.3 is 0 Å². The lowest BCUT2D eigenvalue weighted by Gasteiger charge is -2.15. The van der Waals surface area contributed by atoms with Crippen molar-refractivity contribution in [2.45, 2.75) is 53.0 Å². The highest BCUT2D eigenvalue weighted by Crippen LogP contribution is 2.22. The van der Waals surface area contributed by atoms with Crippen LogP contribution in [0.25, 0.3) is 0 Å². The Morgan fingerprint density at radius 2 is 1.90 bits per heavy atom. The number of benzene rings is 1. The van der Waals surface area contributed by atoms with E-state index in [1.807, 2.05) is 6.07 Å². The van der Waals surface area contributed by atoms with Crippen LogP contribution in [0.1, 0.15) is 44.7 Å². The molecule has 0 aliphatic heterocycles. The monoisotopic (exact) mass is 293 g/mol. The molecule has 1 unspecified atom stereocenters. The second kappa shape index (κ2) is 9.80. The van der Waals surface area contributed by atoms with Gasteiger partial charge in [-0.25, -0.2) is 0 Å². The quantitative estimate of drug-likeness (QED) is 0.669. The van der Waals surface area contributed by atoms with Crippen LogP contribution in [0, 0.1) is 12.8 Å². The van der Waals surface area contributed by atoms with Crippen molar-refractivity contribution in [3.63, 3.8) is 0 Å². The summed E-state index contributed by atoms with van der Waals surface area (Å²) in [7, 11) is 0.